The smallest absolute Gasteiger partial charge is 0.264 e. The van der Waals surface area contributed by atoms with E-state index in [0.717, 1.165) is 28.3 Å². The van der Waals surface area contributed by atoms with E-state index in [1.165, 1.54) is 17.0 Å². The SMILES string of the molecule is CCCCNC(=O)[C@H](CC)N(Cc1ccc(C)cc1)C(=O)CN(c1cc(Cl)ccc1C)S(=O)(=O)c1ccccc1. The topological polar surface area (TPSA) is 86.8 Å². The summed E-state index contributed by atoms with van der Waals surface area (Å²) in [6.45, 7) is 7.80. The van der Waals surface area contributed by atoms with Gasteiger partial charge in [-0.1, -0.05) is 86.0 Å². The average Bonchev–Trinajstić information content (AvgIpc) is 2.94. The van der Waals surface area contributed by atoms with Gasteiger partial charge < -0.3 is 10.2 Å². The molecule has 0 spiro atoms. The maximum absolute atomic E-state index is 14.1. The van der Waals surface area contributed by atoms with Crippen LogP contribution in [0.15, 0.2) is 77.7 Å². The zero-order valence-corrected chi connectivity index (χ0v) is 25.1. The van der Waals surface area contributed by atoms with Crippen LogP contribution >= 0.6 is 11.6 Å². The molecule has 1 N–H and O–H groups in total. The maximum atomic E-state index is 14.1. The van der Waals surface area contributed by atoms with Crippen molar-refractivity contribution in [3.63, 3.8) is 0 Å². The predicted molar refractivity (Wildman–Crippen MR) is 161 cm³/mol. The zero-order valence-electron chi connectivity index (χ0n) is 23.6. The summed E-state index contributed by atoms with van der Waals surface area (Å²) in [5.41, 5.74) is 2.87. The molecule has 7 nitrogen and oxygen atoms in total. The van der Waals surface area contributed by atoms with Gasteiger partial charge in [0.15, 0.2) is 0 Å². The van der Waals surface area contributed by atoms with Gasteiger partial charge in [0.1, 0.15) is 12.6 Å². The van der Waals surface area contributed by atoms with Gasteiger partial charge in [0.25, 0.3) is 10.0 Å². The molecule has 3 aromatic carbocycles. The van der Waals surface area contributed by atoms with Crippen LogP contribution in [0.5, 0.6) is 0 Å². The van der Waals surface area contributed by atoms with Crippen LogP contribution in [0.25, 0.3) is 0 Å². The number of nitrogens with one attached hydrogen (secondary N) is 1. The highest BCUT2D eigenvalue weighted by Gasteiger charge is 2.34. The van der Waals surface area contributed by atoms with Crippen LogP contribution < -0.4 is 9.62 Å². The number of anilines is 1. The average molecular weight is 584 g/mol. The molecule has 0 aromatic heterocycles. The number of rotatable bonds is 13. The monoisotopic (exact) mass is 583 g/mol. The first-order valence-corrected chi connectivity index (χ1v) is 15.4. The second-order valence-corrected chi connectivity index (χ2v) is 12.1. The van der Waals surface area contributed by atoms with Gasteiger partial charge in [-0.15, -0.1) is 0 Å². The van der Waals surface area contributed by atoms with Crippen molar-refractivity contribution >= 4 is 39.1 Å². The minimum Gasteiger partial charge on any atom is -0.354 e. The first-order chi connectivity index (χ1) is 19.1. The van der Waals surface area contributed by atoms with E-state index in [1.807, 2.05) is 45.0 Å². The van der Waals surface area contributed by atoms with Gasteiger partial charge in [0.05, 0.1) is 10.6 Å². The van der Waals surface area contributed by atoms with E-state index < -0.39 is 28.5 Å². The Kier molecular flexibility index (Phi) is 11.2. The first kappa shape index (κ1) is 31.2. The van der Waals surface area contributed by atoms with Crippen LogP contribution in [-0.2, 0) is 26.2 Å². The molecule has 40 heavy (non-hydrogen) atoms. The molecule has 0 aliphatic heterocycles. The standard InChI is InChI=1S/C31H38ClN3O4S/c1-5-7-19-33-31(37)28(6-2)34(21-25-16-13-23(3)14-17-25)30(36)22-35(29-20-26(32)18-15-24(29)4)40(38,39)27-11-9-8-10-12-27/h8-18,20,28H,5-7,19,21-22H2,1-4H3,(H,33,37)/t28-/m0/s1. The van der Waals surface area contributed by atoms with Crippen molar-refractivity contribution in [2.75, 3.05) is 17.4 Å². The van der Waals surface area contributed by atoms with Gasteiger partial charge in [-0.2, -0.15) is 0 Å². The Balaban J connectivity index is 2.06. The molecule has 3 aromatic rings. The lowest BCUT2D eigenvalue weighted by atomic mass is 10.1. The molecule has 0 bridgehead atoms. The number of carbonyl (C=O) groups excluding carboxylic acids is 2. The lowest BCUT2D eigenvalue weighted by Crippen LogP contribution is -2.52. The van der Waals surface area contributed by atoms with E-state index in [0.29, 0.717) is 29.2 Å². The molecular weight excluding hydrogens is 546 g/mol. The Labute approximate surface area is 243 Å². The van der Waals surface area contributed by atoms with Crippen LogP contribution in [-0.4, -0.2) is 44.3 Å². The Bertz CT molecular complexity index is 1400. The molecule has 2 amide bonds. The highest BCUT2D eigenvalue weighted by Crippen LogP contribution is 2.30. The van der Waals surface area contributed by atoms with E-state index >= 15 is 0 Å². The fourth-order valence-corrected chi connectivity index (χ4v) is 6.06. The van der Waals surface area contributed by atoms with E-state index in [1.54, 1.807) is 43.3 Å². The summed E-state index contributed by atoms with van der Waals surface area (Å²) in [4.78, 5) is 28.9. The molecule has 0 heterocycles. The second-order valence-electron chi connectivity index (χ2n) is 9.83. The third-order valence-electron chi connectivity index (χ3n) is 6.74. The van der Waals surface area contributed by atoms with Crippen molar-refractivity contribution in [2.45, 2.75) is 64.4 Å². The molecule has 0 aliphatic carbocycles. The molecule has 0 saturated carbocycles. The Hall–Kier alpha value is -3.36. The molecule has 0 unspecified atom stereocenters. The minimum absolute atomic E-state index is 0.0524. The van der Waals surface area contributed by atoms with E-state index in [-0.39, 0.29) is 17.3 Å². The van der Waals surface area contributed by atoms with Gasteiger partial charge in [-0.25, -0.2) is 8.42 Å². The fraction of sp³-hybridized carbons (Fsp3) is 0.355. The largest absolute Gasteiger partial charge is 0.354 e. The number of nitrogens with zero attached hydrogens (tertiary/aromatic N) is 2. The number of halogens is 1. The summed E-state index contributed by atoms with van der Waals surface area (Å²) in [5, 5.41) is 3.29. The van der Waals surface area contributed by atoms with Crippen LogP contribution in [0.1, 0.15) is 49.8 Å². The molecule has 214 valence electrons. The molecule has 0 aliphatic rings. The van der Waals surface area contributed by atoms with Gasteiger partial charge >= 0.3 is 0 Å². The van der Waals surface area contributed by atoms with Crippen LogP contribution in [0, 0.1) is 13.8 Å². The lowest BCUT2D eigenvalue weighted by molar-refractivity contribution is -0.140. The number of hydrogen-bond donors (Lipinski definition) is 1. The molecule has 1 atom stereocenters. The van der Waals surface area contributed by atoms with Gasteiger partial charge in [0.2, 0.25) is 11.8 Å². The quantitative estimate of drug-likeness (QED) is 0.255. The van der Waals surface area contributed by atoms with Crippen LogP contribution in [0.4, 0.5) is 5.69 Å². The van der Waals surface area contributed by atoms with Crippen molar-refractivity contribution in [1.29, 1.82) is 0 Å². The molecule has 9 heteroatoms. The molecule has 3 rings (SSSR count). The summed E-state index contributed by atoms with van der Waals surface area (Å²) in [7, 11) is -4.14. The number of benzene rings is 3. The highest BCUT2D eigenvalue weighted by molar-refractivity contribution is 7.92. The van der Waals surface area contributed by atoms with Crippen LogP contribution in [0.3, 0.4) is 0 Å². The third-order valence-corrected chi connectivity index (χ3v) is 8.75. The number of aryl methyl sites for hydroxylation is 2. The van der Waals surface area contributed by atoms with Crippen molar-refractivity contribution < 1.29 is 18.0 Å². The summed E-state index contributed by atoms with van der Waals surface area (Å²) in [5.74, 6) is -0.746. The predicted octanol–water partition coefficient (Wildman–Crippen LogP) is 5.88. The Morgan fingerprint density at radius 1 is 0.950 bits per heavy atom. The highest BCUT2D eigenvalue weighted by atomic mass is 35.5. The lowest BCUT2D eigenvalue weighted by Gasteiger charge is -2.33. The summed E-state index contributed by atoms with van der Waals surface area (Å²) in [6, 6.07) is 19.9. The van der Waals surface area contributed by atoms with Crippen LogP contribution in [0.2, 0.25) is 5.02 Å². The zero-order chi connectivity index (χ0) is 29.3. The van der Waals surface area contributed by atoms with Crippen molar-refractivity contribution in [1.82, 2.24) is 10.2 Å². The molecule has 0 saturated heterocycles. The number of amides is 2. The Morgan fingerprint density at radius 3 is 2.25 bits per heavy atom. The summed E-state index contributed by atoms with van der Waals surface area (Å²) in [6.07, 6.45) is 2.12. The molecule has 0 radical (unpaired) electrons. The maximum Gasteiger partial charge on any atom is 0.264 e. The Morgan fingerprint density at radius 2 is 1.62 bits per heavy atom. The summed E-state index contributed by atoms with van der Waals surface area (Å²) >= 11 is 6.28. The van der Waals surface area contributed by atoms with Crippen molar-refractivity contribution in [3.8, 4) is 0 Å². The van der Waals surface area contributed by atoms with Gasteiger partial charge in [-0.05, 0) is 62.1 Å². The van der Waals surface area contributed by atoms with E-state index in [4.69, 9.17) is 11.6 Å². The summed E-state index contributed by atoms with van der Waals surface area (Å²) < 4.78 is 29.0. The van der Waals surface area contributed by atoms with Crippen molar-refractivity contribution in [2.24, 2.45) is 0 Å². The number of carbonyl (C=O) groups is 2. The van der Waals surface area contributed by atoms with Gasteiger partial charge in [-0.3, -0.25) is 13.9 Å². The van der Waals surface area contributed by atoms with E-state index in [9.17, 15) is 18.0 Å². The normalized spacial score (nSPS) is 12.0. The first-order valence-electron chi connectivity index (χ1n) is 13.5. The second kappa shape index (κ2) is 14.3. The van der Waals surface area contributed by atoms with Gasteiger partial charge in [0, 0.05) is 18.1 Å². The number of hydrogen-bond acceptors (Lipinski definition) is 4. The third kappa shape index (κ3) is 7.86. The molecular formula is C31H38ClN3O4S. The number of sulfonamides is 1. The minimum atomic E-state index is -4.14. The number of unbranched alkanes of at least 4 members (excludes halogenated alkanes) is 1. The van der Waals surface area contributed by atoms with Crippen molar-refractivity contribution in [3.05, 3.63) is 94.5 Å². The fourth-order valence-electron chi connectivity index (χ4n) is 4.40. The molecule has 0 fully saturated rings. The van der Waals surface area contributed by atoms with E-state index in [2.05, 4.69) is 5.32 Å².